The predicted molar refractivity (Wildman–Crippen MR) is 279 cm³/mol. The summed E-state index contributed by atoms with van der Waals surface area (Å²) in [5.74, 6) is 3.42. The number of unbranched alkanes of at least 4 members (excludes halogenated alkanes) is 2. The Labute approximate surface area is 440 Å². The molecule has 0 bridgehead atoms. The van der Waals surface area contributed by atoms with Gasteiger partial charge in [0.1, 0.15) is 35.2 Å². The van der Waals surface area contributed by atoms with Gasteiger partial charge in [0.2, 0.25) is 5.91 Å². The van der Waals surface area contributed by atoms with E-state index in [0.717, 1.165) is 25.0 Å². The Kier molecular flexibility index (Phi) is 22.0. The molecule has 3 aliphatic rings. The lowest BCUT2D eigenvalue weighted by Crippen LogP contribution is -2.38. The number of ether oxygens (including phenoxy) is 1. The van der Waals surface area contributed by atoms with Gasteiger partial charge in [-0.2, -0.15) is 8.62 Å². The number of carboxylic acid groups (broad SMARTS) is 1. The summed E-state index contributed by atoms with van der Waals surface area (Å²) in [6.45, 7) is 11.2. The van der Waals surface area contributed by atoms with Gasteiger partial charge < -0.3 is 59.6 Å². The maximum atomic E-state index is 13.3. The van der Waals surface area contributed by atoms with Crippen molar-refractivity contribution >= 4 is 57.9 Å². The van der Waals surface area contributed by atoms with Gasteiger partial charge in [0.25, 0.3) is 11.5 Å². The van der Waals surface area contributed by atoms with Gasteiger partial charge in [0.05, 0.1) is 24.1 Å². The third-order valence-corrected chi connectivity index (χ3v) is 15.1. The molecule has 0 spiro atoms. The average molecular weight is 1130 g/mol. The second-order valence-electron chi connectivity index (χ2n) is 17.0. The van der Waals surface area contributed by atoms with E-state index in [1.165, 1.54) is 12.5 Å². The minimum Gasteiger partial charge on any atom is -0.478 e. The number of rotatable bonds is 22. The highest BCUT2D eigenvalue weighted by molar-refractivity contribution is 7.66. The Morgan fingerprint density at radius 3 is 2.22 bits per heavy atom. The Balaban J connectivity index is 0.00000356. The Morgan fingerprint density at radius 1 is 0.857 bits per heavy atom. The third kappa shape index (κ3) is 16.9. The van der Waals surface area contributed by atoms with Crippen molar-refractivity contribution in [2.45, 2.75) is 91.3 Å². The number of aromatic carboxylic acids is 1. The molecule has 2 amide bonds. The van der Waals surface area contributed by atoms with Gasteiger partial charge in [0, 0.05) is 78.7 Å². The van der Waals surface area contributed by atoms with Crippen LogP contribution < -0.4 is 32.1 Å². The van der Waals surface area contributed by atoms with Crippen LogP contribution >= 0.6 is 23.5 Å². The van der Waals surface area contributed by atoms with Crippen molar-refractivity contribution in [1.82, 2.24) is 20.2 Å². The lowest BCUT2D eigenvalue weighted by molar-refractivity contribution is -0.121. The first-order chi connectivity index (χ1) is 36.4. The largest absolute Gasteiger partial charge is 0.490 e. The maximum Gasteiger partial charge on any atom is 0.490 e. The molecule has 1 saturated heterocycles. The van der Waals surface area contributed by atoms with E-state index in [1.807, 2.05) is 48.3 Å². The van der Waals surface area contributed by atoms with Gasteiger partial charge >= 0.3 is 35.1 Å². The van der Waals surface area contributed by atoms with Crippen LogP contribution in [0, 0.1) is 11.8 Å². The molecule has 2 aliphatic heterocycles. The Morgan fingerprint density at radius 2 is 1.56 bits per heavy atom. The number of nitrogens with one attached hydrogen (secondary N) is 3. The van der Waals surface area contributed by atoms with Crippen molar-refractivity contribution in [2.24, 2.45) is 4.99 Å². The number of carboxylic acids is 1. The molecule has 1 aliphatic carbocycles. The van der Waals surface area contributed by atoms with Gasteiger partial charge in [-0.3, -0.25) is 33.5 Å². The van der Waals surface area contributed by atoms with Gasteiger partial charge in [-0.25, -0.2) is 23.3 Å². The monoisotopic (exact) mass is 1130 g/mol. The van der Waals surface area contributed by atoms with E-state index >= 15 is 0 Å². The molecular formula is C48H61N6O20P3. The molecule has 6 rings (SSSR count). The van der Waals surface area contributed by atoms with Crippen LogP contribution in [0.1, 0.15) is 99.2 Å². The number of anilines is 1. The first-order valence-corrected chi connectivity index (χ1v) is 28.7. The first-order valence-electron chi connectivity index (χ1n) is 24.2. The summed E-state index contributed by atoms with van der Waals surface area (Å²) < 4.78 is 58.6. The molecule has 1 aromatic heterocycles. The van der Waals surface area contributed by atoms with E-state index in [1.54, 1.807) is 12.1 Å². The van der Waals surface area contributed by atoms with Gasteiger partial charge in [-0.15, -0.1) is 0 Å². The zero-order valence-corrected chi connectivity index (χ0v) is 45.2. The standard InChI is InChI=1S/C45H53N6O20P3.C3H8/c1-4-46-28-14-17-31-34(22-28)68-35-23-29(50(5-2)6-3)15-18-32(35)38(31)30-16-13-26(21-33(30)44(57)58)41(55)48-19-9-7-8-12-37(52)47-20-10-11-27-24-51(45(59)49-42(27)56)43-40(54)39(53)36(69-43)25-67-73(63,64)71-74(65,66)70-72(60,61)62;1-3-2/h13-18,21-24,36,39-40,43,53-54H,4-9,12,19-20,25H2,1-3H3,(H,47,52)(H,48,55)(H,57,58)(H,63,64)(H,65,66)(H,49,56,59)(H2,60,61,62);3H2,1-2H3/t36-,39-,40-,43-;/m1./s1. The van der Waals surface area contributed by atoms with Gasteiger partial charge in [0.15, 0.2) is 6.23 Å². The predicted octanol–water partition coefficient (Wildman–Crippen LogP) is 4.36. The molecule has 3 aromatic rings. The fourth-order valence-corrected chi connectivity index (χ4v) is 10.9. The van der Waals surface area contributed by atoms with Crippen LogP contribution in [-0.2, 0) is 36.4 Å². The summed E-state index contributed by atoms with van der Waals surface area (Å²) in [4.78, 5) is 109. The van der Waals surface area contributed by atoms with Crippen molar-refractivity contribution in [3.63, 3.8) is 0 Å². The van der Waals surface area contributed by atoms with Crippen LogP contribution in [0.25, 0.3) is 33.4 Å². The number of fused-ring (bicyclic) bond motifs is 2. The minimum atomic E-state index is -5.86. The fourth-order valence-electron chi connectivity index (χ4n) is 7.90. The molecule has 0 radical (unpaired) electrons. The zero-order valence-electron chi connectivity index (χ0n) is 42.5. The molecule has 26 nitrogen and oxygen atoms in total. The van der Waals surface area contributed by atoms with E-state index in [2.05, 4.69) is 73.2 Å². The molecule has 3 heterocycles. The number of aliphatic hydroxyl groups excluding tert-OH is 2. The summed E-state index contributed by atoms with van der Waals surface area (Å²) in [5, 5.41) is 38.2. The topological polar surface area (TPSA) is 389 Å². The third-order valence-electron chi connectivity index (χ3n) is 11.3. The lowest BCUT2D eigenvalue weighted by Gasteiger charge is -2.22. The first kappa shape index (κ1) is 61.7. The number of phosphoric ester groups is 1. The molecule has 0 saturated carbocycles. The second-order valence-corrected chi connectivity index (χ2v) is 21.5. The number of hydrogen-bond donors (Lipinski definition) is 10. The van der Waals surface area contributed by atoms with Crippen molar-refractivity contribution in [2.75, 3.05) is 44.2 Å². The number of aromatic amines is 1. The lowest BCUT2D eigenvalue weighted by atomic mass is 9.89. The Hall–Kier alpha value is -6.13. The van der Waals surface area contributed by atoms with Crippen molar-refractivity contribution in [3.05, 3.63) is 104 Å². The smallest absolute Gasteiger partial charge is 0.478 e. The number of hydrogen-bond acceptors (Lipinski definition) is 17. The molecule has 6 atom stereocenters. The molecular weight excluding hydrogens is 1070 g/mol. The molecule has 418 valence electrons. The van der Waals surface area contributed by atoms with Crippen LogP contribution in [0.15, 0.2) is 79.8 Å². The van der Waals surface area contributed by atoms with Crippen molar-refractivity contribution in [3.8, 4) is 34.3 Å². The minimum absolute atomic E-state index is 0.0780. The van der Waals surface area contributed by atoms with Gasteiger partial charge in [-0.05, 0) is 75.6 Å². The maximum absolute atomic E-state index is 13.3. The number of aliphatic hydroxyl groups is 2. The van der Waals surface area contributed by atoms with Crippen molar-refractivity contribution in [1.29, 1.82) is 0 Å². The SMILES string of the molecule is CCC.CCN=c1ccc2c(-c3ccc(C(=O)NCCCCCC(=O)NCC#Cc4cn([C@@H]5O[C@H](COP(=O)(O)OP(=O)(O)OP(=O)(O)O)[C@@H](O)[C@H]5O)c(=O)[nH]c4=O)cc3C(=O)O)c3ccc(N(CC)CC)cc3oc-2c1. The van der Waals surface area contributed by atoms with Gasteiger partial charge in [-0.1, -0.05) is 44.6 Å². The number of phosphoric acid groups is 3. The number of amides is 2. The number of H-pyrrole nitrogens is 1. The van der Waals surface area contributed by atoms with Crippen LogP contribution in [0.4, 0.5) is 5.69 Å². The van der Waals surface area contributed by atoms with E-state index < -0.39 is 83.6 Å². The van der Waals surface area contributed by atoms with Crippen LogP contribution in [0.2, 0.25) is 0 Å². The average Bonchev–Trinajstić information content (AvgIpc) is 3.63. The molecule has 1 fully saturated rings. The Bertz CT molecular complexity index is 3300. The van der Waals surface area contributed by atoms with E-state index in [4.69, 9.17) is 18.9 Å². The highest BCUT2D eigenvalue weighted by atomic mass is 31.3. The normalized spacial score (nSPS) is 18.1. The molecule has 2 aromatic carbocycles. The highest BCUT2D eigenvalue weighted by Crippen LogP contribution is 2.66. The quantitative estimate of drug-likeness (QED) is 0.0199. The summed E-state index contributed by atoms with van der Waals surface area (Å²) in [6.07, 6.45) is -3.76. The summed E-state index contributed by atoms with van der Waals surface area (Å²) >= 11 is 0. The van der Waals surface area contributed by atoms with Crippen LogP contribution in [0.3, 0.4) is 0 Å². The fraction of sp³-hybridized carbons (Fsp3) is 0.417. The number of carbonyl (C=O) groups is 3. The second kappa shape index (κ2) is 27.5. The molecule has 10 N–H and O–H groups in total. The molecule has 77 heavy (non-hydrogen) atoms. The molecule has 2 unspecified atom stereocenters. The van der Waals surface area contributed by atoms with E-state index in [0.29, 0.717) is 69.2 Å². The van der Waals surface area contributed by atoms with Crippen LogP contribution in [-0.4, -0.2) is 120 Å². The number of nitrogens with zero attached hydrogens (tertiary/aromatic N) is 3. The highest BCUT2D eigenvalue weighted by Gasteiger charge is 2.47. The van der Waals surface area contributed by atoms with E-state index in [9.17, 15) is 62.8 Å². The summed E-state index contributed by atoms with van der Waals surface area (Å²) in [7, 11) is -17.2. The van der Waals surface area contributed by atoms with Crippen LogP contribution in [0.5, 0.6) is 0 Å². The number of carbonyl (C=O) groups excluding carboxylic acids is 2. The molecule has 29 heteroatoms. The van der Waals surface area contributed by atoms with E-state index in [-0.39, 0.29) is 36.2 Å². The summed E-state index contributed by atoms with van der Waals surface area (Å²) in [6, 6.07) is 15.9. The van der Waals surface area contributed by atoms with Crippen molar-refractivity contribution < 1.29 is 85.3 Å². The number of benzene rings is 3. The zero-order chi connectivity index (χ0) is 56.8. The number of aromatic nitrogens is 2. The summed E-state index contributed by atoms with van der Waals surface area (Å²) in [5.41, 5.74) is 0.800.